The molecule has 1 heterocycles. The van der Waals surface area contributed by atoms with Gasteiger partial charge in [0.25, 0.3) is 0 Å². The van der Waals surface area contributed by atoms with E-state index in [0.29, 0.717) is 11.4 Å². The molecule has 0 radical (unpaired) electrons. The van der Waals surface area contributed by atoms with E-state index in [4.69, 9.17) is 5.73 Å². The number of pyridine rings is 1. The normalized spacial score (nSPS) is 10.8. The molecule has 0 fully saturated rings. The number of hydrogen-bond acceptors (Lipinski definition) is 3. The molecule has 0 atom stereocenters. The van der Waals surface area contributed by atoms with Gasteiger partial charge in [0.2, 0.25) is 0 Å². The van der Waals surface area contributed by atoms with E-state index < -0.39 is 0 Å². The zero-order valence-corrected chi connectivity index (χ0v) is 13.4. The first-order valence-corrected chi connectivity index (χ1v) is 7.80. The minimum atomic E-state index is 0.619. The van der Waals surface area contributed by atoms with Gasteiger partial charge < -0.3 is 5.73 Å². The molecular formula is C21H19N3. The quantitative estimate of drug-likeness (QED) is 0.562. The van der Waals surface area contributed by atoms with Crippen LogP contribution in [0.3, 0.4) is 0 Å². The predicted octanol–water partition coefficient (Wildman–Crippen LogP) is 4.34. The number of hydrogen-bond donors (Lipinski definition) is 1. The highest BCUT2D eigenvalue weighted by atomic mass is 14.8. The van der Waals surface area contributed by atoms with Gasteiger partial charge in [0, 0.05) is 29.6 Å². The average Bonchev–Trinajstić information content (AvgIpc) is 2.62. The van der Waals surface area contributed by atoms with Crippen LogP contribution in [-0.2, 0) is 6.42 Å². The van der Waals surface area contributed by atoms with E-state index in [0.717, 1.165) is 23.4 Å². The van der Waals surface area contributed by atoms with Crippen LogP contribution in [0.5, 0.6) is 0 Å². The van der Waals surface area contributed by atoms with E-state index in [1.165, 1.54) is 5.56 Å². The number of para-hydroxylation sites is 1. The van der Waals surface area contributed by atoms with Gasteiger partial charge in [0.1, 0.15) is 0 Å². The maximum atomic E-state index is 5.92. The molecule has 118 valence electrons. The molecular weight excluding hydrogens is 294 g/mol. The second kappa shape index (κ2) is 7.38. The second-order valence-corrected chi connectivity index (χ2v) is 5.51. The molecule has 0 saturated carbocycles. The van der Waals surface area contributed by atoms with Crippen molar-refractivity contribution in [3.8, 4) is 0 Å². The Morgan fingerprint density at radius 2 is 1.71 bits per heavy atom. The fourth-order valence-corrected chi connectivity index (χ4v) is 2.39. The fraction of sp³-hybridized carbons (Fsp3) is 0.0476. The van der Waals surface area contributed by atoms with Crippen molar-refractivity contribution in [2.45, 2.75) is 6.42 Å². The van der Waals surface area contributed by atoms with Crippen LogP contribution >= 0.6 is 0 Å². The second-order valence-electron chi connectivity index (χ2n) is 5.51. The first-order valence-electron chi connectivity index (χ1n) is 7.80. The summed E-state index contributed by atoms with van der Waals surface area (Å²) in [7, 11) is 0. The molecule has 3 nitrogen and oxygen atoms in total. The Morgan fingerprint density at radius 3 is 2.50 bits per heavy atom. The van der Waals surface area contributed by atoms with Crippen molar-refractivity contribution >= 4 is 17.6 Å². The van der Waals surface area contributed by atoms with Gasteiger partial charge in [-0.1, -0.05) is 61.2 Å². The van der Waals surface area contributed by atoms with Gasteiger partial charge in [0.15, 0.2) is 0 Å². The monoisotopic (exact) mass is 313 g/mol. The minimum Gasteiger partial charge on any atom is -0.398 e. The summed E-state index contributed by atoms with van der Waals surface area (Å²) >= 11 is 0. The summed E-state index contributed by atoms with van der Waals surface area (Å²) in [4.78, 5) is 9.07. The van der Waals surface area contributed by atoms with Crippen LogP contribution in [0.25, 0.3) is 5.70 Å². The molecule has 3 heteroatoms. The SMILES string of the molecule is C=C(N=Cc1ccccc1N)c1cccc(Cc2ccccc2)n1. The molecule has 0 amide bonds. The number of nitrogens with two attached hydrogens (primary N) is 1. The number of benzene rings is 2. The maximum Gasteiger partial charge on any atom is 0.0883 e. The molecule has 0 spiro atoms. The van der Waals surface area contributed by atoms with Gasteiger partial charge in [-0.3, -0.25) is 9.98 Å². The lowest BCUT2D eigenvalue weighted by atomic mass is 10.1. The maximum absolute atomic E-state index is 5.92. The number of aromatic nitrogens is 1. The highest BCUT2D eigenvalue weighted by Gasteiger charge is 2.02. The van der Waals surface area contributed by atoms with Crippen molar-refractivity contribution in [3.05, 3.63) is 102 Å². The van der Waals surface area contributed by atoms with Crippen LogP contribution in [0.4, 0.5) is 5.69 Å². The number of nitrogens with zero attached hydrogens (tertiary/aromatic N) is 2. The van der Waals surface area contributed by atoms with Crippen molar-refractivity contribution < 1.29 is 0 Å². The number of anilines is 1. The Labute approximate surface area is 142 Å². The Hall–Kier alpha value is -3.20. The summed E-state index contributed by atoms with van der Waals surface area (Å²) < 4.78 is 0. The zero-order chi connectivity index (χ0) is 16.8. The molecule has 2 aromatic carbocycles. The molecule has 0 aliphatic heterocycles. The Morgan fingerprint density at radius 1 is 0.958 bits per heavy atom. The number of aliphatic imine (C=N–C) groups is 1. The third-order valence-corrected chi connectivity index (χ3v) is 3.69. The van der Waals surface area contributed by atoms with Crippen LogP contribution in [0.15, 0.2) is 84.4 Å². The van der Waals surface area contributed by atoms with E-state index in [-0.39, 0.29) is 0 Å². The van der Waals surface area contributed by atoms with Gasteiger partial charge >= 0.3 is 0 Å². The van der Waals surface area contributed by atoms with Gasteiger partial charge in [-0.25, -0.2) is 0 Å². The highest BCUT2D eigenvalue weighted by molar-refractivity contribution is 5.89. The van der Waals surface area contributed by atoms with E-state index >= 15 is 0 Å². The summed E-state index contributed by atoms with van der Waals surface area (Å²) in [6.07, 6.45) is 2.51. The van der Waals surface area contributed by atoms with E-state index in [9.17, 15) is 0 Å². The zero-order valence-electron chi connectivity index (χ0n) is 13.4. The lowest BCUT2D eigenvalue weighted by Crippen LogP contribution is -1.96. The summed E-state index contributed by atoms with van der Waals surface area (Å²) in [6, 6.07) is 23.8. The largest absolute Gasteiger partial charge is 0.398 e. The molecule has 0 aliphatic carbocycles. The standard InChI is InChI=1S/C21H19N3/c1-16(23-15-18-10-5-6-12-20(18)22)21-13-7-11-19(24-21)14-17-8-3-2-4-9-17/h2-13,15H,1,14,22H2. The Balaban J connectivity index is 1.76. The molecule has 2 N–H and O–H groups in total. The summed E-state index contributed by atoms with van der Waals surface area (Å²) in [5.74, 6) is 0. The smallest absolute Gasteiger partial charge is 0.0883 e. The van der Waals surface area contributed by atoms with Gasteiger partial charge in [-0.05, 0) is 23.8 Å². The summed E-state index contributed by atoms with van der Waals surface area (Å²) in [6.45, 7) is 4.02. The van der Waals surface area contributed by atoms with Gasteiger partial charge in [0.05, 0.1) is 11.4 Å². The lowest BCUT2D eigenvalue weighted by molar-refractivity contribution is 1.06. The summed E-state index contributed by atoms with van der Waals surface area (Å²) in [5, 5.41) is 0. The third kappa shape index (κ3) is 3.96. The van der Waals surface area contributed by atoms with Crippen molar-refractivity contribution in [3.63, 3.8) is 0 Å². The topological polar surface area (TPSA) is 51.3 Å². The predicted molar refractivity (Wildman–Crippen MR) is 101 cm³/mol. The van der Waals surface area contributed by atoms with E-state index in [1.54, 1.807) is 6.21 Å². The Kier molecular flexibility index (Phi) is 4.82. The van der Waals surface area contributed by atoms with E-state index in [1.807, 2.05) is 60.7 Å². The number of rotatable bonds is 5. The van der Waals surface area contributed by atoms with Crippen molar-refractivity contribution in [1.82, 2.24) is 4.98 Å². The molecule has 0 saturated heterocycles. The average molecular weight is 313 g/mol. The fourth-order valence-electron chi connectivity index (χ4n) is 2.39. The van der Waals surface area contributed by atoms with Crippen LogP contribution in [0.2, 0.25) is 0 Å². The summed E-state index contributed by atoms with van der Waals surface area (Å²) in [5.41, 5.74) is 11.1. The van der Waals surface area contributed by atoms with Crippen molar-refractivity contribution in [2.24, 2.45) is 4.99 Å². The third-order valence-electron chi connectivity index (χ3n) is 3.69. The highest BCUT2D eigenvalue weighted by Crippen LogP contribution is 2.15. The molecule has 0 aliphatic rings. The van der Waals surface area contributed by atoms with Crippen LogP contribution < -0.4 is 5.73 Å². The minimum absolute atomic E-state index is 0.619. The van der Waals surface area contributed by atoms with Crippen LogP contribution in [-0.4, -0.2) is 11.2 Å². The molecule has 3 aromatic rings. The van der Waals surface area contributed by atoms with Gasteiger partial charge in [-0.15, -0.1) is 0 Å². The van der Waals surface area contributed by atoms with E-state index in [2.05, 4.69) is 28.7 Å². The van der Waals surface area contributed by atoms with Crippen molar-refractivity contribution in [2.75, 3.05) is 5.73 Å². The first-order chi connectivity index (χ1) is 11.7. The van der Waals surface area contributed by atoms with Crippen LogP contribution in [0.1, 0.15) is 22.5 Å². The number of nitrogen functional groups attached to an aromatic ring is 1. The molecule has 0 unspecified atom stereocenters. The van der Waals surface area contributed by atoms with Gasteiger partial charge in [-0.2, -0.15) is 0 Å². The van der Waals surface area contributed by atoms with Crippen molar-refractivity contribution in [1.29, 1.82) is 0 Å². The molecule has 24 heavy (non-hydrogen) atoms. The molecule has 0 bridgehead atoms. The van der Waals surface area contributed by atoms with Crippen LogP contribution in [0, 0.1) is 0 Å². The molecule has 3 rings (SSSR count). The molecule has 1 aromatic heterocycles. The Bertz CT molecular complexity index is 867. The lowest BCUT2D eigenvalue weighted by Gasteiger charge is -2.05. The first kappa shape index (κ1) is 15.7.